The first-order valence-corrected chi connectivity index (χ1v) is 4.67. The van der Waals surface area contributed by atoms with Crippen LogP contribution in [-0.2, 0) is 0 Å². The van der Waals surface area contributed by atoms with Gasteiger partial charge in [-0.3, -0.25) is 0 Å². The fourth-order valence-electron chi connectivity index (χ4n) is 0.710. The first-order valence-electron chi connectivity index (χ1n) is 3.55. The molecule has 0 spiro atoms. The van der Waals surface area contributed by atoms with Crippen molar-refractivity contribution in [3.63, 3.8) is 0 Å². The van der Waals surface area contributed by atoms with Crippen molar-refractivity contribution in [3.8, 4) is 0 Å². The lowest BCUT2D eigenvalue weighted by molar-refractivity contribution is 0.159. The molecule has 0 radical (unpaired) electrons. The molecule has 0 saturated heterocycles. The maximum Gasteiger partial charge on any atom is 0.0548 e. The molecule has 0 unspecified atom stereocenters. The van der Waals surface area contributed by atoms with Crippen LogP contribution < -0.4 is 0 Å². The van der Waals surface area contributed by atoms with Gasteiger partial charge in [-0.2, -0.15) is 0 Å². The van der Waals surface area contributed by atoms with Crippen molar-refractivity contribution >= 4 is 15.9 Å². The Labute approximate surface area is 65.6 Å². The lowest BCUT2D eigenvalue weighted by atomic mass is 10.1. The fraction of sp³-hybridized carbons (Fsp3) is 1.00. The molecule has 1 N–H and O–H groups in total. The quantitative estimate of drug-likeness (QED) is 0.667. The van der Waals surface area contributed by atoms with Crippen molar-refractivity contribution < 1.29 is 5.11 Å². The zero-order valence-electron chi connectivity index (χ0n) is 5.94. The predicted octanol–water partition coefficient (Wildman–Crippen LogP) is 2.32. The van der Waals surface area contributed by atoms with E-state index in [9.17, 15) is 0 Å². The minimum Gasteiger partial charge on any atom is -0.393 e. The largest absolute Gasteiger partial charge is 0.393 e. The van der Waals surface area contributed by atoms with Gasteiger partial charge in [0, 0.05) is 5.33 Å². The number of aliphatic hydroxyl groups is 1. The van der Waals surface area contributed by atoms with Crippen molar-refractivity contribution in [2.24, 2.45) is 0 Å². The molecule has 0 aliphatic carbocycles. The average Bonchev–Trinajstić information content (AvgIpc) is 1.85. The number of halogens is 1. The fourth-order valence-corrected chi connectivity index (χ4v) is 1.24. The van der Waals surface area contributed by atoms with E-state index in [4.69, 9.17) is 5.11 Å². The highest BCUT2D eigenvalue weighted by molar-refractivity contribution is 9.09. The molecule has 0 aromatic carbocycles. The van der Waals surface area contributed by atoms with E-state index >= 15 is 0 Å². The van der Waals surface area contributed by atoms with Crippen LogP contribution in [0.1, 0.15) is 32.6 Å². The van der Waals surface area contributed by atoms with Crippen LogP contribution in [0.3, 0.4) is 0 Å². The van der Waals surface area contributed by atoms with Crippen LogP contribution in [0, 0.1) is 0 Å². The van der Waals surface area contributed by atoms with Gasteiger partial charge in [0.15, 0.2) is 0 Å². The molecule has 0 saturated carbocycles. The molecule has 0 amide bonds. The van der Waals surface area contributed by atoms with Crippen molar-refractivity contribution in [2.45, 2.75) is 38.7 Å². The molecule has 1 atom stereocenters. The summed E-state index contributed by atoms with van der Waals surface area (Å²) in [5.41, 5.74) is 0. The van der Waals surface area contributed by atoms with Crippen LogP contribution in [0.4, 0.5) is 0 Å². The molecule has 56 valence electrons. The summed E-state index contributed by atoms with van der Waals surface area (Å²) < 4.78 is 0. The average molecular weight is 195 g/mol. The van der Waals surface area contributed by atoms with Gasteiger partial charge in [-0.15, -0.1) is 0 Å². The van der Waals surface area contributed by atoms with Crippen LogP contribution in [-0.4, -0.2) is 16.5 Å². The topological polar surface area (TPSA) is 20.2 Å². The molecule has 0 fully saturated rings. The van der Waals surface area contributed by atoms with Gasteiger partial charge in [0.25, 0.3) is 0 Å². The summed E-state index contributed by atoms with van der Waals surface area (Å²) in [5.74, 6) is 0. The minimum atomic E-state index is -0.0793. The zero-order chi connectivity index (χ0) is 7.11. The molecule has 2 heteroatoms. The van der Waals surface area contributed by atoms with E-state index < -0.39 is 0 Å². The molecule has 0 aromatic heterocycles. The summed E-state index contributed by atoms with van der Waals surface area (Å²) >= 11 is 3.28. The molecule has 0 bridgehead atoms. The van der Waals surface area contributed by atoms with Gasteiger partial charge < -0.3 is 5.11 Å². The van der Waals surface area contributed by atoms with Gasteiger partial charge in [0.1, 0.15) is 0 Å². The Kier molecular flexibility index (Phi) is 6.88. The lowest BCUT2D eigenvalue weighted by Crippen LogP contribution is -2.05. The van der Waals surface area contributed by atoms with Crippen LogP contribution in [0.5, 0.6) is 0 Å². The normalized spacial score (nSPS) is 13.7. The second-order valence-electron chi connectivity index (χ2n) is 2.27. The van der Waals surface area contributed by atoms with Gasteiger partial charge in [0.2, 0.25) is 0 Å². The third kappa shape index (κ3) is 6.32. The number of alkyl halides is 1. The number of rotatable bonds is 5. The van der Waals surface area contributed by atoms with Gasteiger partial charge in [0.05, 0.1) is 6.10 Å². The van der Waals surface area contributed by atoms with Crippen molar-refractivity contribution in [3.05, 3.63) is 0 Å². The highest BCUT2D eigenvalue weighted by atomic mass is 79.9. The van der Waals surface area contributed by atoms with Crippen LogP contribution in [0.15, 0.2) is 0 Å². The molecule has 0 aliphatic heterocycles. The van der Waals surface area contributed by atoms with E-state index in [1.54, 1.807) is 0 Å². The summed E-state index contributed by atoms with van der Waals surface area (Å²) in [4.78, 5) is 0. The van der Waals surface area contributed by atoms with E-state index in [1.165, 1.54) is 6.42 Å². The highest BCUT2D eigenvalue weighted by Crippen LogP contribution is 2.04. The second-order valence-corrected chi connectivity index (χ2v) is 3.07. The predicted molar refractivity (Wildman–Crippen MR) is 43.9 cm³/mol. The Morgan fingerprint density at radius 1 is 1.44 bits per heavy atom. The molecular formula is C7H15BrO. The molecule has 0 rings (SSSR count). The summed E-state index contributed by atoms with van der Waals surface area (Å²) in [7, 11) is 0. The number of hydrogen-bond acceptors (Lipinski definition) is 1. The van der Waals surface area contributed by atoms with E-state index in [0.717, 1.165) is 24.6 Å². The van der Waals surface area contributed by atoms with Gasteiger partial charge in [-0.1, -0.05) is 35.7 Å². The Hall–Kier alpha value is 0.440. The van der Waals surface area contributed by atoms with E-state index in [1.807, 2.05) is 0 Å². The first kappa shape index (κ1) is 9.44. The monoisotopic (exact) mass is 194 g/mol. The zero-order valence-corrected chi connectivity index (χ0v) is 7.52. The Morgan fingerprint density at radius 3 is 2.56 bits per heavy atom. The number of aliphatic hydroxyl groups excluding tert-OH is 1. The van der Waals surface area contributed by atoms with Crippen LogP contribution in [0.25, 0.3) is 0 Å². The van der Waals surface area contributed by atoms with E-state index in [2.05, 4.69) is 22.9 Å². The second kappa shape index (κ2) is 6.56. The Balaban J connectivity index is 2.95. The molecule has 0 aromatic rings. The van der Waals surface area contributed by atoms with Gasteiger partial charge >= 0.3 is 0 Å². The Bertz CT molecular complexity index is 56.9. The van der Waals surface area contributed by atoms with Crippen molar-refractivity contribution in [1.82, 2.24) is 0 Å². The SMILES string of the molecule is CCCC[C@H](O)CCBr. The molecule has 0 aliphatic rings. The van der Waals surface area contributed by atoms with Gasteiger partial charge in [-0.25, -0.2) is 0 Å². The third-order valence-corrected chi connectivity index (χ3v) is 1.79. The van der Waals surface area contributed by atoms with Gasteiger partial charge in [-0.05, 0) is 12.8 Å². The van der Waals surface area contributed by atoms with Crippen LogP contribution in [0.2, 0.25) is 0 Å². The van der Waals surface area contributed by atoms with Crippen molar-refractivity contribution in [2.75, 3.05) is 5.33 Å². The number of unbranched alkanes of at least 4 members (excludes halogenated alkanes) is 1. The summed E-state index contributed by atoms with van der Waals surface area (Å²) in [6.07, 6.45) is 4.10. The summed E-state index contributed by atoms with van der Waals surface area (Å²) in [5, 5.41) is 10.1. The van der Waals surface area contributed by atoms with E-state index in [-0.39, 0.29) is 6.10 Å². The lowest BCUT2D eigenvalue weighted by Gasteiger charge is -2.05. The summed E-state index contributed by atoms with van der Waals surface area (Å²) in [6.45, 7) is 2.14. The summed E-state index contributed by atoms with van der Waals surface area (Å²) in [6, 6.07) is 0. The molecular weight excluding hydrogens is 180 g/mol. The third-order valence-electron chi connectivity index (χ3n) is 1.33. The van der Waals surface area contributed by atoms with E-state index in [0.29, 0.717) is 0 Å². The maximum absolute atomic E-state index is 9.15. The molecule has 9 heavy (non-hydrogen) atoms. The Morgan fingerprint density at radius 2 is 2.11 bits per heavy atom. The smallest absolute Gasteiger partial charge is 0.0548 e. The minimum absolute atomic E-state index is 0.0793. The first-order chi connectivity index (χ1) is 4.31. The molecule has 1 nitrogen and oxygen atoms in total. The van der Waals surface area contributed by atoms with Crippen molar-refractivity contribution in [1.29, 1.82) is 0 Å². The number of hydrogen-bond donors (Lipinski definition) is 1. The maximum atomic E-state index is 9.15. The highest BCUT2D eigenvalue weighted by Gasteiger charge is 1.99. The standard InChI is InChI=1S/C7H15BrO/c1-2-3-4-7(9)5-6-8/h7,9H,2-6H2,1H3/t7-/m0/s1. The van der Waals surface area contributed by atoms with Crippen LogP contribution >= 0.6 is 15.9 Å². The molecule has 0 heterocycles.